The molecule has 0 saturated carbocycles. The van der Waals surface area contributed by atoms with Crippen LogP contribution in [0, 0.1) is 5.82 Å². The highest BCUT2D eigenvalue weighted by atomic mass is 32.2. The predicted octanol–water partition coefficient (Wildman–Crippen LogP) is 4.05. The van der Waals surface area contributed by atoms with Crippen LogP contribution in [0.2, 0.25) is 0 Å². The molecule has 31 heavy (non-hydrogen) atoms. The van der Waals surface area contributed by atoms with Gasteiger partial charge in [-0.15, -0.1) is 10.2 Å². The summed E-state index contributed by atoms with van der Waals surface area (Å²) in [5.74, 6) is 0.624. The van der Waals surface area contributed by atoms with Crippen molar-refractivity contribution >= 4 is 29.5 Å². The van der Waals surface area contributed by atoms with E-state index in [2.05, 4.69) is 15.3 Å². The first kappa shape index (κ1) is 20.8. The van der Waals surface area contributed by atoms with Crippen LogP contribution in [0.5, 0.6) is 5.75 Å². The summed E-state index contributed by atoms with van der Waals surface area (Å²) in [6.07, 6.45) is 1.47. The smallest absolute Gasteiger partial charge is 0.340 e. The molecule has 0 saturated heterocycles. The monoisotopic (exact) mass is 438 g/mol. The lowest BCUT2D eigenvalue weighted by atomic mass is 10.1. The number of carbonyl (C=O) groups is 1. The van der Waals surface area contributed by atoms with Crippen LogP contribution in [0.3, 0.4) is 0 Å². The zero-order chi connectivity index (χ0) is 21.8. The standard InChI is InChI=1S/C22H19FN4O3S/c1-3-30-21(28)17(12-15-6-4-5-7-18(15)23)19-13-31-22-25-24-20(27(22)26-19)14-8-10-16(29-2)11-9-14/h4-12H,3,13H2,1-2H3. The second-order valence-corrected chi connectivity index (χ2v) is 7.42. The minimum atomic E-state index is -0.562. The van der Waals surface area contributed by atoms with Crippen LogP contribution in [0.1, 0.15) is 12.5 Å². The number of nitrogens with zero attached hydrogens (tertiary/aromatic N) is 4. The van der Waals surface area contributed by atoms with Gasteiger partial charge in [0.25, 0.3) is 0 Å². The maximum Gasteiger partial charge on any atom is 0.340 e. The summed E-state index contributed by atoms with van der Waals surface area (Å²) in [7, 11) is 1.60. The SMILES string of the molecule is CCOC(=O)C(=Cc1ccccc1F)C1=Nn2c(nnc2-c2ccc(OC)cc2)SC1. The van der Waals surface area contributed by atoms with Crippen LogP contribution in [0.15, 0.2) is 64.4 Å². The van der Waals surface area contributed by atoms with Gasteiger partial charge in [0.1, 0.15) is 11.6 Å². The second kappa shape index (κ2) is 9.13. The number of hydrogen-bond donors (Lipinski definition) is 0. The van der Waals surface area contributed by atoms with E-state index in [1.807, 2.05) is 24.3 Å². The molecule has 0 amide bonds. The topological polar surface area (TPSA) is 78.6 Å². The first-order chi connectivity index (χ1) is 15.1. The summed E-state index contributed by atoms with van der Waals surface area (Å²) in [4.78, 5) is 12.7. The second-order valence-electron chi connectivity index (χ2n) is 6.48. The average molecular weight is 438 g/mol. The Balaban J connectivity index is 1.77. The van der Waals surface area contributed by atoms with Crippen LogP contribution >= 0.6 is 11.8 Å². The summed E-state index contributed by atoms with van der Waals surface area (Å²) in [6.45, 7) is 1.92. The third-order valence-corrected chi connectivity index (χ3v) is 5.46. The molecule has 158 valence electrons. The van der Waals surface area contributed by atoms with E-state index in [0.29, 0.717) is 22.4 Å². The lowest BCUT2D eigenvalue weighted by Gasteiger charge is -2.16. The summed E-state index contributed by atoms with van der Waals surface area (Å²) in [5.41, 5.74) is 1.72. The molecule has 4 rings (SSSR count). The molecule has 1 aliphatic heterocycles. The van der Waals surface area contributed by atoms with Crippen molar-refractivity contribution in [3.8, 4) is 17.1 Å². The molecule has 0 atom stereocenters. The minimum absolute atomic E-state index is 0.194. The number of methoxy groups -OCH3 is 1. The fraction of sp³-hybridized carbons (Fsp3) is 0.182. The Kier molecular flexibility index (Phi) is 6.13. The quantitative estimate of drug-likeness (QED) is 0.427. The van der Waals surface area contributed by atoms with Crippen molar-refractivity contribution in [2.45, 2.75) is 12.1 Å². The van der Waals surface area contributed by atoms with Crippen molar-refractivity contribution in [3.05, 3.63) is 65.5 Å². The highest BCUT2D eigenvalue weighted by molar-refractivity contribution is 7.99. The highest BCUT2D eigenvalue weighted by Gasteiger charge is 2.26. The Labute approximate surface area is 182 Å². The van der Waals surface area contributed by atoms with Crippen molar-refractivity contribution in [1.29, 1.82) is 0 Å². The van der Waals surface area contributed by atoms with Crippen molar-refractivity contribution in [3.63, 3.8) is 0 Å². The van der Waals surface area contributed by atoms with E-state index in [9.17, 15) is 9.18 Å². The Hall–Kier alpha value is -3.46. The molecule has 0 unspecified atom stereocenters. The van der Waals surface area contributed by atoms with E-state index in [1.54, 1.807) is 36.9 Å². The Morgan fingerprint density at radius 2 is 1.97 bits per heavy atom. The van der Waals surface area contributed by atoms with E-state index in [0.717, 1.165) is 11.3 Å². The van der Waals surface area contributed by atoms with Gasteiger partial charge in [-0.3, -0.25) is 0 Å². The summed E-state index contributed by atoms with van der Waals surface area (Å²) >= 11 is 1.39. The Bertz CT molecular complexity index is 1170. The molecule has 0 radical (unpaired) electrons. The number of fused-ring (bicyclic) bond motifs is 1. The first-order valence-electron chi connectivity index (χ1n) is 9.55. The first-order valence-corrected chi connectivity index (χ1v) is 10.5. The molecule has 0 aliphatic carbocycles. The highest BCUT2D eigenvalue weighted by Crippen LogP contribution is 2.30. The average Bonchev–Trinajstić information content (AvgIpc) is 3.22. The molecule has 1 aromatic heterocycles. The molecule has 1 aliphatic rings. The van der Waals surface area contributed by atoms with Crippen LogP contribution in [0.4, 0.5) is 4.39 Å². The molecule has 7 nitrogen and oxygen atoms in total. The largest absolute Gasteiger partial charge is 0.497 e. The molecule has 0 N–H and O–H groups in total. The van der Waals surface area contributed by atoms with Crippen LogP contribution < -0.4 is 4.74 Å². The molecule has 0 spiro atoms. The lowest BCUT2D eigenvalue weighted by Crippen LogP contribution is -2.22. The van der Waals surface area contributed by atoms with Gasteiger partial charge < -0.3 is 9.47 Å². The summed E-state index contributed by atoms with van der Waals surface area (Å²) < 4.78 is 26.2. The molecular weight excluding hydrogens is 419 g/mol. The number of thioether (sulfide) groups is 1. The van der Waals surface area contributed by atoms with Crippen molar-refractivity contribution < 1.29 is 18.7 Å². The van der Waals surface area contributed by atoms with Gasteiger partial charge in [-0.25, -0.2) is 9.18 Å². The fourth-order valence-corrected chi connectivity index (χ4v) is 3.82. The number of halogens is 1. The van der Waals surface area contributed by atoms with E-state index < -0.39 is 11.8 Å². The van der Waals surface area contributed by atoms with Crippen LogP contribution in [0.25, 0.3) is 17.5 Å². The molecule has 2 heterocycles. The van der Waals surface area contributed by atoms with E-state index >= 15 is 0 Å². The lowest BCUT2D eigenvalue weighted by molar-refractivity contribution is -0.137. The molecule has 3 aromatic rings. The van der Waals surface area contributed by atoms with Gasteiger partial charge in [0, 0.05) is 16.9 Å². The summed E-state index contributed by atoms with van der Waals surface area (Å²) in [6, 6.07) is 13.6. The molecule has 2 aromatic carbocycles. The molecular formula is C22H19FN4O3S. The van der Waals surface area contributed by atoms with Gasteiger partial charge in [0.2, 0.25) is 5.16 Å². The van der Waals surface area contributed by atoms with Gasteiger partial charge in [-0.05, 0) is 43.3 Å². The number of rotatable bonds is 6. The van der Waals surface area contributed by atoms with E-state index in [1.165, 1.54) is 23.9 Å². The maximum atomic E-state index is 14.2. The number of ether oxygens (including phenoxy) is 2. The molecule has 0 bridgehead atoms. The molecule has 9 heteroatoms. The third kappa shape index (κ3) is 4.36. The van der Waals surface area contributed by atoms with Crippen molar-refractivity contribution in [2.24, 2.45) is 5.10 Å². The normalized spacial score (nSPS) is 13.4. The van der Waals surface area contributed by atoms with Crippen LogP contribution in [-0.4, -0.2) is 46.0 Å². The van der Waals surface area contributed by atoms with Crippen molar-refractivity contribution in [1.82, 2.24) is 14.9 Å². The van der Waals surface area contributed by atoms with Gasteiger partial charge >= 0.3 is 5.97 Å². The van der Waals surface area contributed by atoms with Crippen molar-refractivity contribution in [2.75, 3.05) is 19.5 Å². The van der Waals surface area contributed by atoms with Gasteiger partial charge in [-0.2, -0.15) is 9.78 Å². The van der Waals surface area contributed by atoms with Gasteiger partial charge in [0.15, 0.2) is 5.82 Å². The fourth-order valence-electron chi connectivity index (χ4n) is 3.00. The number of esters is 1. The van der Waals surface area contributed by atoms with Gasteiger partial charge in [0.05, 0.1) is 25.0 Å². The Morgan fingerprint density at radius 1 is 1.19 bits per heavy atom. The number of carbonyl (C=O) groups excluding carboxylic acids is 1. The predicted molar refractivity (Wildman–Crippen MR) is 117 cm³/mol. The zero-order valence-electron chi connectivity index (χ0n) is 16.9. The Morgan fingerprint density at radius 3 is 2.68 bits per heavy atom. The van der Waals surface area contributed by atoms with E-state index in [4.69, 9.17) is 9.47 Å². The maximum absolute atomic E-state index is 14.2. The number of aromatic nitrogens is 3. The van der Waals surface area contributed by atoms with E-state index in [-0.39, 0.29) is 17.7 Å². The van der Waals surface area contributed by atoms with Gasteiger partial charge in [-0.1, -0.05) is 30.0 Å². The summed E-state index contributed by atoms with van der Waals surface area (Å²) in [5, 5.41) is 13.7. The molecule has 0 fully saturated rings. The third-order valence-electron chi connectivity index (χ3n) is 4.53. The zero-order valence-corrected chi connectivity index (χ0v) is 17.7. The van der Waals surface area contributed by atoms with Crippen LogP contribution in [-0.2, 0) is 9.53 Å². The number of hydrogen-bond acceptors (Lipinski definition) is 7. The number of benzene rings is 2. The minimum Gasteiger partial charge on any atom is -0.497 e.